The molecule has 4 N–H and O–H groups in total. The summed E-state index contributed by atoms with van der Waals surface area (Å²) >= 11 is 0. The highest BCUT2D eigenvalue weighted by atomic mass is 32.2. The highest BCUT2D eigenvalue weighted by molar-refractivity contribution is 7.93. The SMILES string of the molecule is Cc1ccc(NS(=O)(=O)c2c(N)ccc(C)c2C)cc1O. The van der Waals surface area contributed by atoms with E-state index in [1.807, 2.05) is 6.92 Å². The fourth-order valence-corrected chi connectivity index (χ4v) is 3.53. The minimum absolute atomic E-state index is 0.0316. The van der Waals surface area contributed by atoms with Crippen molar-refractivity contribution in [2.75, 3.05) is 10.5 Å². The fraction of sp³-hybridized carbons (Fsp3) is 0.200. The predicted molar refractivity (Wildman–Crippen MR) is 84.0 cm³/mol. The summed E-state index contributed by atoms with van der Waals surface area (Å²) in [5.41, 5.74) is 8.43. The van der Waals surface area contributed by atoms with Crippen LogP contribution in [-0.4, -0.2) is 13.5 Å². The van der Waals surface area contributed by atoms with E-state index in [9.17, 15) is 13.5 Å². The molecule has 0 aliphatic rings. The van der Waals surface area contributed by atoms with Crippen LogP contribution in [0.2, 0.25) is 0 Å². The van der Waals surface area contributed by atoms with Gasteiger partial charge in [0.25, 0.3) is 10.0 Å². The number of nitrogens with one attached hydrogen (secondary N) is 1. The number of sulfonamides is 1. The molecule has 21 heavy (non-hydrogen) atoms. The normalized spacial score (nSPS) is 11.4. The molecule has 112 valence electrons. The molecule has 0 radical (unpaired) electrons. The van der Waals surface area contributed by atoms with E-state index < -0.39 is 10.0 Å². The average molecular weight is 306 g/mol. The van der Waals surface area contributed by atoms with Crippen LogP contribution in [0.5, 0.6) is 5.75 Å². The Balaban J connectivity index is 2.48. The van der Waals surface area contributed by atoms with Crippen LogP contribution in [0.1, 0.15) is 16.7 Å². The highest BCUT2D eigenvalue weighted by Crippen LogP contribution is 2.28. The summed E-state index contributed by atoms with van der Waals surface area (Å²) in [6, 6.07) is 7.95. The number of anilines is 2. The number of benzene rings is 2. The second kappa shape index (κ2) is 5.29. The van der Waals surface area contributed by atoms with Gasteiger partial charge in [0.05, 0.1) is 11.4 Å². The van der Waals surface area contributed by atoms with E-state index >= 15 is 0 Å². The maximum Gasteiger partial charge on any atom is 0.264 e. The Bertz CT molecular complexity index is 799. The van der Waals surface area contributed by atoms with Crippen LogP contribution in [0.25, 0.3) is 0 Å². The van der Waals surface area contributed by atoms with Gasteiger partial charge in [-0.1, -0.05) is 12.1 Å². The van der Waals surface area contributed by atoms with Crippen LogP contribution in [0, 0.1) is 20.8 Å². The number of phenolic OH excluding ortho intramolecular Hbond substituents is 1. The lowest BCUT2D eigenvalue weighted by Crippen LogP contribution is -2.16. The number of hydrogen-bond donors (Lipinski definition) is 3. The van der Waals surface area contributed by atoms with E-state index in [4.69, 9.17) is 5.73 Å². The molecule has 0 aromatic heterocycles. The number of nitrogen functional groups attached to an aromatic ring is 1. The van der Waals surface area contributed by atoms with E-state index in [-0.39, 0.29) is 16.3 Å². The second-order valence-corrected chi connectivity index (χ2v) is 6.65. The van der Waals surface area contributed by atoms with Crippen molar-refractivity contribution in [1.29, 1.82) is 0 Å². The van der Waals surface area contributed by atoms with Crippen LogP contribution in [-0.2, 0) is 10.0 Å². The topological polar surface area (TPSA) is 92.4 Å². The van der Waals surface area contributed by atoms with Crippen molar-refractivity contribution >= 4 is 21.4 Å². The second-order valence-electron chi connectivity index (χ2n) is 5.03. The number of aromatic hydroxyl groups is 1. The molecule has 0 spiro atoms. The Labute approximate surface area is 124 Å². The molecule has 0 heterocycles. The molecule has 0 bridgehead atoms. The zero-order valence-electron chi connectivity index (χ0n) is 12.1. The summed E-state index contributed by atoms with van der Waals surface area (Å²) in [4.78, 5) is 0.0718. The number of phenols is 1. The van der Waals surface area contributed by atoms with Crippen LogP contribution in [0.3, 0.4) is 0 Å². The Morgan fingerprint density at radius 3 is 2.29 bits per heavy atom. The van der Waals surface area contributed by atoms with Gasteiger partial charge in [0.1, 0.15) is 10.6 Å². The van der Waals surface area contributed by atoms with Crippen molar-refractivity contribution in [3.8, 4) is 5.75 Å². The molecule has 2 aromatic carbocycles. The molecule has 6 heteroatoms. The van der Waals surface area contributed by atoms with Crippen molar-refractivity contribution in [1.82, 2.24) is 0 Å². The van der Waals surface area contributed by atoms with Crippen LogP contribution in [0.15, 0.2) is 35.2 Å². The number of hydrogen-bond acceptors (Lipinski definition) is 4. The first-order valence-corrected chi connectivity index (χ1v) is 7.89. The highest BCUT2D eigenvalue weighted by Gasteiger charge is 2.21. The maximum atomic E-state index is 12.5. The van der Waals surface area contributed by atoms with Gasteiger partial charge >= 0.3 is 0 Å². The Morgan fingerprint density at radius 1 is 1.05 bits per heavy atom. The first-order valence-electron chi connectivity index (χ1n) is 6.40. The molecule has 0 saturated heterocycles. The summed E-state index contributed by atoms with van der Waals surface area (Å²) in [7, 11) is -3.81. The molecule has 0 atom stereocenters. The molecule has 5 nitrogen and oxygen atoms in total. The van der Waals surface area contributed by atoms with Gasteiger partial charge in [0.15, 0.2) is 0 Å². The van der Waals surface area contributed by atoms with Crippen molar-refractivity contribution in [3.05, 3.63) is 47.0 Å². The van der Waals surface area contributed by atoms with Gasteiger partial charge < -0.3 is 10.8 Å². The first-order chi connectivity index (χ1) is 9.72. The third kappa shape index (κ3) is 2.95. The molecule has 0 aliphatic carbocycles. The van der Waals surface area contributed by atoms with Gasteiger partial charge in [-0.25, -0.2) is 8.42 Å². The monoisotopic (exact) mass is 306 g/mol. The summed E-state index contributed by atoms with van der Waals surface area (Å²) in [5, 5.41) is 9.66. The molecular weight excluding hydrogens is 288 g/mol. The molecule has 0 amide bonds. The summed E-state index contributed by atoms with van der Waals surface area (Å²) in [5.74, 6) is 0.0316. The van der Waals surface area contributed by atoms with Gasteiger partial charge in [0, 0.05) is 6.07 Å². The lowest BCUT2D eigenvalue weighted by atomic mass is 10.1. The van der Waals surface area contributed by atoms with E-state index in [1.54, 1.807) is 38.1 Å². The van der Waals surface area contributed by atoms with Crippen molar-refractivity contribution in [2.24, 2.45) is 0 Å². The summed E-state index contributed by atoms with van der Waals surface area (Å²) in [6.45, 7) is 5.27. The fourth-order valence-electron chi connectivity index (χ4n) is 2.05. The van der Waals surface area contributed by atoms with E-state index in [1.165, 1.54) is 6.07 Å². The number of aryl methyl sites for hydroxylation is 2. The summed E-state index contributed by atoms with van der Waals surface area (Å²) < 4.78 is 27.5. The lowest BCUT2D eigenvalue weighted by molar-refractivity contribution is 0.471. The summed E-state index contributed by atoms with van der Waals surface area (Å²) in [6.07, 6.45) is 0. The standard InChI is InChI=1S/C15H18N2O3S/c1-9-5-7-13(16)15(11(9)3)21(19,20)17-12-6-4-10(2)14(18)8-12/h4-8,17-18H,16H2,1-3H3. The molecule has 0 unspecified atom stereocenters. The van der Waals surface area contributed by atoms with Gasteiger partial charge in [-0.05, 0) is 49.6 Å². The third-order valence-electron chi connectivity index (χ3n) is 3.44. The van der Waals surface area contributed by atoms with Crippen molar-refractivity contribution in [3.63, 3.8) is 0 Å². The Kier molecular flexibility index (Phi) is 3.82. The lowest BCUT2D eigenvalue weighted by Gasteiger charge is -2.14. The molecule has 2 rings (SSSR count). The van der Waals surface area contributed by atoms with Gasteiger partial charge in [-0.3, -0.25) is 4.72 Å². The zero-order valence-corrected chi connectivity index (χ0v) is 13.0. The third-order valence-corrected chi connectivity index (χ3v) is 5.02. The average Bonchev–Trinajstić information content (AvgIpc) is 2.38. The maximum absolute atomic E-state index is 12.5. The quantitative estimate of drug-likeness (QED) is 0.760. The molecule has 0 fully saturated rings. The van der Waals surface area contributed by atoms with Crippen LogP contribution >= 0.6 is 0 Å². The van der Waals surface area contributed by atoms with Crippen molar-refractivity contribution < 1.29 is 13.5 Å². The minimum atomic E-state index is -3.81. The molecule has 2 aromatic rings. The van der Waals surface area contributed by atoms with Crippen molar-refractivity contribution in [2.45, 2.75) is 25.7 Å². The van der Waals surface area contributed by atoms with Crippen LogP contribution in [0.4, 0.5) is 11.4 Å². The predicted octanol–water partition coefficient (Wildman–Crippen LogP) is 2.70. The number of nitrogens with two attached hydrogens (primary N) is 1. The van der Waals surface area contributed by atoms with E-state index in [2.05, 4.69) is 4.72 Å². The first kappa shape index (κ1) is 15.2. The minimum Gasteiger partial charge on any atom is -0.508 e. The molecular formula is C15H18N2O3S. The van der Waals surface area contributed by atoms with Crippen LogP contribution < -0.4 is 10.5 Å². The van der Waals surface area contributed by atoms with Gasteiger partial charge in [-0.15, -0.1) is 0 Å². The smallest absolute Gasteiger partial charge is 0.264 e. The Hall–Kier alpha value is -2.21. The molecule has 0 saturated carbocycles. The molecule has 0 aliphatic heterocycles. The Morgan fingerprint density at radius 2 is 1.67 bits per heavy atom. The van der Waals surface area contributed by atoms with Gasteiger partial charge in [0.2, 0.25) is 0 Å². The van der Waals surface area contributed by atoms with Gasteiger partial charge in [-0.2, -0.15) is 0 Å². The largest absolute Gasteiger partial charge is 0.508 e. The zero-order chi connectivity index (χ0) is 15.8. The number of rotatable bonds is 3. The van der Waals surface area contributed by atoms with E-state index in [0.29, 0.717) is 16.8 Å². The van der Waals surface area contributed by atoms with E-state index in [0.717, 1.165) is 5.56 Å².